The Labute approximate surface area is 94.8 Å². The molecule has 0 heterocycles. The van der Waals surface area contributed by atoms with Gasteiger partial charge >= 0.3 is 18.1 Å². The van der Waals surface area contributed by atoms with Gasteiger partial charge in [-0.1, -0.05) is 30.3 Å². The Morgan fingerprint density at radius 2 is 1.71 bits per heavy atom. The van der Waals surface area contributed by atoms with Crippen molar-refractivity contribution >= 4 is 11.8 Å². The minimum atomic E-state index is -4.94. The van der Waals surface area contributed by atoms with Crippen molar-refractivity contribution in [1.29, 1.82) is 0 Å². The number of nitrogens with two attached hydrogens (primary N) is 1. The van der Waals surface area contributed by atoms with E-state index in [4.69, 9.17) is 0 Å². The summed E-state index contributed by atoms with van der Waals surface area (Å²) < 4.78 is 37.5. The summed E-state index contributed by atoms with van der Waals surface area (Å²) in [4.78, 5) is 21.0. The van der Waals surface area contributed by atoms with Gasteiger partial charge in [-0.3, -0.25) is 9.59 Å². The van der Waals surface area contributed by atoms with Crippen LogP contribution >= 0.6 is 0 Å². The Bertz CT molecular complexity index is 417. The van der Waals surface area contributed by atoms with Crippen LogP contribution in [0, 0.1) is 0 Å². The lowest BCUT2D eigenvalue weighted by atomic mass is 10.2. The molecule has 92 valence electrons. The van der Waals surface area contributed by atoms with Gasteiger partial charge < -0.3 is 5.73 Å². The molecule has 0 radical (unpaired) electrons. The minimum absolute atomic E-state index is 0.249. The largest absolute Gasteiger partial charge is 0.487 e. The molecule has 0 fully saturated rings. The number of nitrogens with zero attached hydrogens (tertiary/aromatic N) is 1. The van der Waals surface area contributed by atoms with Gasteiger partial charge in [0, 0.05) is 0 Å². The van der Waals surface area contributed by atoms with Gasteiger partial charge in [-0.15, -0.1) is 13.2 Å². The van der Waals surface area contributed by atoms with Crippen molar-refractivity contribution < 1.29 is 22.8 Å². The van der Waals surface area contributed by atoms with Crippen LogP contribution in [-0.4, -0.2) is 23.0 Å². The minimum Gasteiger partial charge on any atom is -0.361 e. The summed E-state index contributed by atoms with van der Waals surface area (Å²) in [6, 6.07) is 7.49. The molecule has 0 spiro atoms. The van der Waals surface area contributed by atoms with Gasteiger partial charge in [0.1, 0.15) is 0 Å². The fraction of sp³-hybridized carbons (Fsp3) is 0.200. The number of carbonyl (C=O) groups excluding carboxylic acids is 2. The zero-order chi connectivity index (χ0) is 13.1. The molecule has 0 saturated carbocycles. The molecule has 0 aliphatic heterocycles. The van der Waals surface area contributed by atoms with Crippen LogP contribution in [0.5, 0.6) is 0 Å². The van der Waals surface area contributed by atoms with E-state index in [0.29, 0.717) is 0 Å². The highest BCUT2D eigenvalue weighted by Crippen LogP contribution is 2.23. The van der Waals surface area contributed by atoms with Crippen molar-refractivity contribution in [3.8, 4) is 0 Å². The summed E-state index contributed by atoms with van der Waals surface area (Å²) in [6.07, 6.45) is -4.94. The number of hydrogen-bond donors (Lipinski definition) is 1. The van der Waals surface area contributed by atoms with Crippen LogP contribution in [0.3, 0.4) is 0 Å². The van der Waals surface area contributed by atoms with Crippen molar-refractivity contribution in [3.63, 3.8) is 0 Å². The zero-order valence-corrected chi connectivity index (χ0v) is 8.57. The Hall–Kier alpha value is -2.05. The Morgan fingerprint density at radius 1 is 1.18 bits per heavy atom. The van der Waals surface area contributed by atoms with E-state index in [1.807, 2.05) is 0 Å². The van der Waals surface area contributed by atoms with Gasteiger partial charge in [0.15, 0.2) is 0 Å². The van der Waals surface area contributed by atoms with E-state index in [9.17, 15) is 22.8 Å². The maximum Gasteiger partial charge on any atom is 0.487 e. The third-order valence-corrected chi connectivity index (χ3v) is 1.95. The molecule has 0 atom stereocenters. The van der Waals surface area contributed by atoms with Crippen LogP contribution in [0.1, 0.15) is 5.56 Å². The molecule has 1 rings (SSSR count). The smallest absolute Gasteiger partial charge is 0.361 e. The zero-order valence-electron chi connectivity index (χ0n) is 8.57. The number of rotatable bonds is 2. The molecule has 17 heavy (non-hydrogen) atoms. The first kappa shape index (κ1) is 13.0. The first-order valence-electron chi connectivity index (χ1n) is 4.54. The number of primary amides is 1. The van der Waals surface area contributed by atoms with Crippen LogP contribution in [-0.2, 0) is 16.1 Å². The van der Waals surface area contributed by atoms with E-state index in [2.05, 4.69) is 5.73 Å². The number of halogens is 3. The van der Waals surface area contributed by atoms with Crippen molar-refractivity contribution in [2.45, 2.75) is 12.8 Å². The third-order valence-electron chi connectivity index (χ3n) is 1.95. The van der Waals surface area contributed by atoms with E-state index in [1.54, 1.807) is 6.07 Å². The van der Waals surface area contributed by atoms with E-state index in [1.165, 1.54) is 24.3 Å². The summed E-state index contributed by atoms with van der Waals surface area (Å²) in [6.45, 7) is -0.744. The highest BCUT2D eigenvalue weighted by Gasteiger charge is 2.42. The van der Waals surface area contributed by atoms with Crippen LogP contribution < -0.4 is 5.73 Å². The molecule has 1 aromatic rings. The molecule has 2 N–H and O–H groups in total. The topological polar surface area (TPSA) is 63.4 Å². The predicted molar refractivity (Wildman–Crippen MR) is 52.2 cm³/mol. The van der Waals surface area contributed by atoms with Gasteiger partial charge in [0.25, 0.3) is 0 Å². The van der Waals surface area contributed by atoms with E-state index < -0.39 is 29.6 Å². The second-order valence-electron chi connectivity index (χ2n) is 3.21. The third kappa shape index (κ3) is 3.47. The highest BCUT2D eigenvalue weighted by atomic mass is 19.4. The molecule has 0 saturated heterocycles. The summed E-state index contributed by atoms with van der Waals surface area (Å²) in [5.41, 5.74) is 4.81. The van der Waals surface area contributed by atoms with E-state index in [0.717, 1.165) is 0 Å². The number of carbonyl (C=O) groups is 2. The quantitative estimate of drug-likeness (QED) is 0.625. The first-order chi connectivity index (χ1) is 7.82. The SMILES string of the molecule is NC(=O)C(=O)N(Cc1ccccc1)C(F)(F)F. The average Bonchev–Trinajstić information content (AvgIpc) is 2.24. The lowest BCUT2D eigenvalue weighted by Crippen LogP contribution is -2.47. The maximum atomic E-state index is 12.5. The number of hydrogen-bond acceptors (Lipinski definition) is 2. The molecule has 7 heteroatoms. The number of amides is 2. The molecule has 0 bridgehead atoms. The van der Waals surface area contributed by atoms with Gasteiger partial charge in [-0.05, 0) is 5.56 Å². The monoisotopic (exact) mass is 246 g/mol. The second kappa shape index (κ2) is 4.86. The van der Waals surface area contributed by atoms with Crippen molar-refractivity contribution in [3.05, 3.63) is 35.9 Å². The van der Waals surface area contributed by atoms with Gasteiger partial charge in [0.05, 0.1) is 6.54 Å². The van der Waals surface area contributed by atoms with Crippen LogP contribution in [0.2, 0.25) is 0 Å². The molecular formula is C10H9F3N2O2. The Kier molecular flexibility index (Phi) is 3.72. The van der Waals surface area contributed by atoms with E-state index >= 15 is 0 Å². The van der Waals surface area contributed by atoms with Gasteiger partial charge in [-0.2, -0.15) is 0 Å². The second-order valence-corrected chi connectivity index (χ2v) is 3.21. The Balaban J connectivity index is 2.94. The Morgan fingerprint density at radius 3 is 2.12 bits per heavy atom. The van der Waals surface area contributed by atoms with Gasteiger partial charge in [-0.25, -0.2) is 4.90 Å². The van der Waals surface area contributed by atoms with Crippen LogP contribution in [0.4, 0.5) is 13.2 Å². The van der Waals surface area contributed by atoms with Crippen LogP contribution in [0.15, 0.2) is 30.3 Å². The molecule has 2 amide bonds. The molecule has 0 aliphatic carbocycles. The average molecular weight is 246 g/mol. The molecule has 4 nitrogen and oxygen atoms in total. The number of benzene rings is 1. The summed E-state index contributed by atoms with van der Waals surface area (Å²) in [5.74, 6) is -3.42. The molecular weight excluding hydrogens is 237 g/mol. The lowest BCUT2D eigenvalue weighted by Gasteiger charge is -2.23. The highest BCUT2D eigenvalue weighted by molar-refractivity contribution is 6.34. The summed E-state index contributed by atoms with van der Waals surface area (Å²) in [7, 11) is 0. The molecule has 1 aromatic carbocycles. The van der Waals surface area contributed by atoms with Crippen LogP contribution in [0.25, 0.3) is 0 Å². The normalized spacial score (nSPS) is 11.0. The molecule has 0 unspecified atom stereocenters. The first-order valence-corrected chi connectivity index (χ1v) is 4.54. The predicted octanol–water partition coefficient (Wildman–Crippen LogP) is 1.02. The molecule has 0 aliphatic rings. The van der Waals surface area contributed by atoms with E-state index in [-0.39, 0.29) is 5.56 Å². The molecule has 0 aromatic heterocycles. The summed E-state index contributed by atoms with van der Waals surface area (Å²) >= 11 is 0. The fourth-order valence-corrected chi connectivity index (χ4v) is 1.18. The van der Waals surface area contributed by atoms with Crippen molar-refractivity contribution in [2.75, 3.05) is 0 Å². The summed E-state index contributed by atoms with van der Waals surface area (Å²) in [5, 5.41) is 0. The van der Waals surface area contributed by atoms with Gasteiger partial charge in [0.2, 0.25) is 0 Å². The lowest BCUT2D eigenvalue weighted by molar-refractivity contribution is -0.242. The number of alkyl halides is 3. The standard InChI is InChI=1S/C10H9F3N2O2/c11-10(12,13)15(9(17)8(14)16)6-7-4-2-1-3-5-7/h1-5H,6H2,(H2,14,16). The van der Waals surface area contributed by atoms with Crippen molar-refractivity contribution in [2.24, 2.45) is 5.73 Å². The van der Waals surface area contributed by atoms with Crippen molar-refractivity contribution in [1.82, 2.24) is 4.90 Å². The maximum absolute atomic E-state index is 12.5. The fourth-order valence-electron chi connectivity index (χ4n) is 1.18.